The molecular formula is C15H22ClNO. The van der Waals surface area contributed by atoms with Crippen molar-refractivity contribution in [3.05, 3.63) is 28.8 Å². The predicted octanol–water partition coefficient (Wildman–Crippen LogP) is 3.88. The molecule has 3 heteroatoms. The standard InChI is InChI=1S/C15H22ClNO/c1-10-6-11(2)9-17(8-10)15-5-4-13(12(3)18)7-14(15)16/h4-5,7,10-12,18H,6,8-9H2,1-3H3. The Hall–Kier alpha value is -0.730. The monoisotopic (exact) mass is 267 g/mol. The van der Waals surface area contributed by atoms with Gasteiger partial charge in [0.1, 0.15) is 0 Å². The van der Waals surface area contributed by atoms with Crippen molar-refractivity contribution in [2.45, 2.75) is 33.3 Å². The van der Waals surface area contributed by atoms with Gasteiger partial charge in [0.15, 0.2) is 0 Å². The van der Waals surface area contributed by atoms with E-state index in [1.165, 1.54) is 6.42 Å². The van der Waals surface area contributed by atoms with E-state index in [9.17, 15) is 5.11 Å². The van der Waals surface area contributed by atoms with Crippen LogP contribution in [-0.4, -0.2) is 18.2 Å². The Bertz CT molecular complexity index is 409. The summed E-state index contributed by atoms with van der Waals surface area (Å²) in [5, 5.41) is 10.3. The van der Waals surface area contributed by atoms with Crippen molar-refractivity contribution in [1.82, 2.24) is 0 Å². The average molecular weight is 268 g/mol. The highest BCUT2D eigenvalue weighted by atomic mass is 35.5. The zero-order valence-electron chi connectivity index (χ0n) is 11.4. The van der Waals surface area contributed by atoms with Crippen molar-refractivity contribution in [3.63, 3.8) is 0 Å². The normalized spacial score (nSPS) is 26.2. The first-order valence-corrected chi connectivity index (χ1v) is 7.07. The van der Waals surface area contributed by atoms with Gasteiger partial charge in [-0.3, -0.25) is 0 Å². The van der Waals surface area contributed by atoms with E-state index in [2.05, 4.69) is 18.7 Å². The summed E-state index contributed by atoms with van der Waals surface area (Å²) in [6.07, 6.45) is 0.829. The number of piperidine rings is 1. The zero-order valence-corrected chi connectivity index (χ0v) is 12.1. The fourth-order valence-corrected chi connectivity index (χ4v) is 3.21. The SMILES string of the molecule is CC1CC(C)CN(c2ccc(C(C)O)cc2Cl)C1. The molecule has 2 rings (SSSR count). The van der Waals surface area contributed by atoms with Gasteiger partial charge in [-0.1, -0.05) is 31.5 Å². The minimum absolute atomic E-state index is 0.462. The number of hydrogen-bond donors (Lipinski definition) is 1. The lowest BCUT2D eigenvalue weighted by atomic mass is 9.91. The second kappa shape index (κ2) is 5.50. The summed E-state index contributed by atoms with van der Waals surface area (Å²) in [6.45, 7) is 8.48. The van der Waals surface area contributed by atoms with E-state index in [0.717, 1.165) is 29.4 Å². The lowest BCUT2D eigenvalue weighted by molar-refractivity contribution is 0.199. The molecule has 1 N–H and O–H groups in total. The quantitative estimate of drug-likeness (QED) is 0.879. The molecule has 0 aromatic heterocycles. The Morgan fingerprint density at radius 3 is 2.39 bits per heavy atom. The summed E-state index contributed by atoms with van der Waals surface area (Å²) < 4.78 is 0. The molecule has 3 unspecified atom stereocenters. The van der Waals surface area contributed by atoms with Gasteiger partial charge >= 0.3 is 0 Å². The van der Waals surface area contributed by atoms with Crippen LogP contribution < -0.4 is 4.90 Å². The van der Waals surface area contributed by atoms with Crippen molar-refractivity contribution in [2.24, 2.45) is 11.8 Å². The molecule has 3 atom stereocenters. The van der Waals surface area contributed by atoms with Gasteiger partial charge < -0.3 is 10.0 Å². The molecule has 2 nitrogen and oxygen atoms in total. The maximum absolute atomic E-state index is 9.56. The van der Waals surface area contributed by atoms with E-state index >= 15 is 0 Å². The van der Waals surface area contributed by atoms with Crippen LogP contribution in [0.3, 0.4) is 0 Å². The second-order valence-corrected chi connectivity index (χ2v) is 6.15. The lowest BCUT2D eigenvalue weighted by Crippen LogP contribution is -2.38. The van der Waals surface area contributed by atoms with E-state index in [1.54, 1.807) is 6.92 Å². The molecule has 0 radical (unpaired) electrons. The van der Waals surface area contributed by atoms with E-state index in [0.29, 0.717) is 11.8 Å². The first-order valence-electron chi connectivity index (χ1n) is 6.69. The van der Waals surface area contributed by atoms with Crippen LogP contribution in [0.25, 0.3) is 0 Å². The highest BCUT2D eigenvalue weighted by Crippen LogP contribution is 2.33. The number of nitrogens with zero attached hydrogens (tertiary/aromatic N) is 1. The highest BCUT2D eigenvalue weighted by Gasteiger charge is 2.23. The second-order valence-electron chi connectivity index (χ2n) is 5.74. The van der Waals surface area contributed by atoms with Gasteiger partial charge in [0.2, 0.25) is 0 Å². The molecule has 0 spiro atoms. The summed E-state index contributed by atoms with van der Waals surface area (Å²) >= 11 is 6.35. The molecule has 1 fully saturated rings. The van der Waals surface area contributed by atoms with Crippen LogP contribution in [0.15, 0.2) is 18.2 Å². The van der Waals surface area contributed by atoms with Crippen molar-refractivity contribution >= 4 is 17.3 Å². The average Bonchev–Trinajstić information content (AvgIpc) is 2.27. The van der Waals surface area contributed by atoms with Crippen LogP contribution in [0.2, 0.25) is 5.02 Å². The lowest BCUT2D eigenvalue weighted by Gasteiger charge is -2.37. The molecule has 1 aliphatic rings. The number of rotatable bonds is 2. The summed E-state index contributed by atoms with van der Waals surface area (Å²) in [7, 11) is 0. The summed E-state index contributed by atoms with van der Waals surface area (Å²) in [5.74, 6) is 1.42. The Labute approximate surface area is 115 Å². The van der Waals surface area contributed by atoms with Crippen molar-refractivity contribution < 1.29 is 5.11 Å². The molecule has 0 amide bonds. The summed E-state index contributed by atoms with van der Waals surface area (Å²) in [5.41, 5.74) is 1.97. The highest BCUT2D eigenvalue weighted by molar-refractivity contribution is 6.33. The van der Waals surface area contributed by atoms with Crippen LogP contribution in [0.5, 0.6) is 0 Å². The maximum Gasteiger partial charge on any atom is 0.0762 e. The van der Waals surface area contributed by atoms with Gasteiger partial charge in [-0.05, 0) is 42.9 Å². The van der Waals surface area contributed by atoms with Gasteiger partial charge in [0.05, 0.1) is 16.8 Å². The Kier molecular flexibility index (Phi) is 4.18. The fourth-order valence-electron chi connectivity index (χ4n) is 2.90. The van der Waals surface area contributed by atoms with Gasteiger partial charge in [-0.25, -0.2) is 0 Å². The molecule has 1 aromatic carbocycles. The molecule has 1 heterocycles. The third-order valence-electron chi connectivity index (χ3n) is 3.66. The fraction of sp³-hybridized carbons (Fsp3) is 0.600. The molecule has 1 aromatic rings. The van der Waals surface area contributed by atoms with Crippen LogP contribution in [0.1, 0.15) is 38.9 Å². The smallest absolute Gasteiger partial charge is 0.0762 e. The number of halogens is 1. The molecular weight excluding hydrogens is 246 g/mol. The first kappa shape index (κ1) is 13.7. The molecule has 1 aliphatic heterocycles. The third-order valence-corrected chi connectivity index (χ3v) is 3.97. The van der Waals surface area contributed by atoms with Gasteiger partial charge in [-0.2, -0.15) is 0 Å². The van der Waals surface area contributed by atoms with Gasteiger partial charge in [0.25, 0.3) is 0 Å². The van der Waals surface area contributed by atoms with Crippen molar-refractivity contribution in [1.29, 1.82) is 0 Å². The third kappa shape index (κ3) is 2.99. The summed E-state index contributed by atoms with van der Waals surface area (Å²) in [4.78, 5) is 2.37. The molecule has 0 bridgehead atoms. The van der Waals surface area contributed by atoms with E-state index in [-0.39, 0.29) is 0 Å². The Morgan fingerprint density at radius 1 is 1.28 bits per heavy atom. The number of anilines is 1. The Morgan fingerprint density at radius 2 is 1.89 bits per heavy atom. The predicted molar refractivity (Wildman–Crippen MR) is 77.2 cm³/mol. The van der Waals surface area contributed by atoms with Crippen LogP contribution >= 0.6 is 11.6 Å². The van der Waals surface area contributed by atoms with Gasteiger partial charge in [-0.15, -0.1) is 0 Å². The van der Waals surface area contributed by atoms with Crippen LogP contribution in [0, 0.1) is 11.8 Å². The number of aliphatic hydroxyl groups excluding tert-OH is 1. The van der Waals surface area contributed by atoms with E-state index in [1.807, 2.05) is 18.2 Å². The van der Waals surface area contributed by atoms with Crippen molar-refractivity contribution in [2.75, 3.05) is 18.0 Å². The Balaban J connectivity index is 2.22. The van der Waals surface area contributed by atoms with Crippen LogP contribution in [-0.2, 0) is 0 Å². The van der Waals surface area contributed by atoms with Crippen LogP contribution in [0.4, 0.5) is 5.69 Å². The number of aliphatic hydroxyl groups is 1. The summed E-state index contributed by atoms with van der Waals surface area (Å²) in [6, 6.07) is 5.89. The van der Waals surface area contributed by atoms with Gasteiger partial charge in [0, 0.05) is 13.1 Å². The number of benzene rings is 1. The minimum atomic E-state index is -0.462. The zero-order chi connectivity index (χ0) is 13.3. The molecule has 0 saturated carbocycles. The molecule has 100 valence electrons. The van der Waals surface area contributed by atoms with E-state index in [4.69, 9.17) is 11.6 Å². The topological polar surface area (TPSA) is 23.5 Å². The first-order chi connectivity index (χ1) is 8.47. The van der Waals surface area contributed by atoms with Crippen molar-refractivity contribution in [3.8, 4) is 0 Å². The number of hydrogen-bond acceptors (Lipinski definition) is 2. The largest absolute Gasteiger partial charge is 0.389 e. The molecule has 1 saturated heterocycles. The van der Waals surface area contributed by atoms with E-state index < -0.39 is 6.10 Å². The molecule has 0 aliphatic carbocycles. The molecule has 18 heavy (non-hydrogen) atoms. The minimum Gasteiger partial charge on any atom is -0.389 e. The maximum atomic E-state index is 9.56.